The number of hydrogen-bond acceptors (Lipinski definition) is 5. The van der Waals surface area contributed by atoms with Gasteiger partial charge >= 0.3 is 0 Å². The molecule has 6 nitrogen and oxygen atoms in total. The second-order valence-electron chi connectivity index (χ2n) is 5.79. The number of hydrogen-bond donors (Lipinski definition) is 2. The summed E-state index contributed by atoms with van der Waals surface area (Å²) in [6.45, 7) is 4.26. The van der Waals surface area contributed by atoms with Gasteiger partial charge in [-0.15, -0.1) is 11.3 Å². The second kappa shape index (κ2) is 10.1. The summed E-state index contributed by atoms with van der Waals surface area (Å²) in [7, 11) is 0. The van der Waals surface area contributed by atoms with Gasteiger partial charge in [-0.25, -0.2) is 0 Å². The average Bonchev–Trinajstić information content (AvgIpc) is 3.34. The summed E-state index contributed by atoms with van der Waals surface area (Å²) in [6, 6.07) is 11.6. The summed E-state index contributed by atoms with van der Waals surface area (Å²) < 4.78 is 5.33. The Labute approximate surface area is 167 Å². The molecule has 0 saturated heterocycles. The number of benzene rings is 1. The molecule has 27 heavy (non-hydrogen) atoms. The summed E-state index contributed by atoms with van der Waals surface area (Å²) >= 11 is 7.77. The lowest BCUT2D eigenvalue weighted by atomic mass is 10.2. The fourth-order valence-electron chi connectivity index (χ4n) is 2.46. The van der Waals surface area contributed by atoms with Crippen molar-refractivity contribution in [2.24, 2.45) is 4.99 Å². The third kappa shape index (κ3) is 6.08. The highest BCUT2D eigenvalue weighted by molar-refractivity contribution is 7.09. The molecular formula is C19H22ClN5OS. The van der Waals surface area contributed by atoms with Crippen LogP contribution in [0.2, 0.25) is 5.02 Å². The van der Waals surface area contributed by atoms with Gasteiger partial charge in [-0.05, 0) is 30.5 Å². The number of thiophene rings is 1. The van der Waals surface area contributed by atoms with Crippen LogP contribution in [0, 0.1) is 0 Å². The highest BCUT2D eigenvalue weighted by Gasteiger charge is 2.09. The maximum Gasteiger partial charge on any atom is 0.228 e. The van der Waals surface area contributed by atoms with Crippen molar-refractivity contribution in [3.8, 4) is 11.4 Å². The van der Waals surface area contributed by atoms with E-state index in [-0.39, 0.29) is 0 Å². The monoisotopic (exact) mass is 403 g/mol. The summed E-state index contributed by atoms with van der Waals surface area (Å²) in [5, 5.41) is 13.3. The summed E-state index contributed by atoms with van der Waals surface area (Å²) in [4.78, 5) is 10.4. The van der Waals surface area contributed by atoms with E-state index in [1.807, 2.05) is 31.2 Å². The van der Waals surface area contributed by atoms with Gasteiger partial charge in [-0.2, -0.15) is 4.98 Å². The van der Waals surface area contributed by atoms with Crippen LogP contribution in [0.1, 0.15) is 17.7 Å². The predicted molar refractivity (Wildman–Crippen MR) is 110 cm³/mol. The molecule has 0 amide bonds. The minimum absolute atomic E-state index is 0.545. The lowest BCUT2D eigenvalue weighted by molar-refractivity contribution is 0.378. The fourth-order valence-corrected chi connectivity index (χ4v) is 3.35. The van der Waals surface area contributed by atoms with Crippen LogP contribution in [0.25, 0.3) is 11.4 Å². The molecule has 3 rings (SSSR count). The van der Waals surface area contributed by atoms with Crippen LogP contribution in [0.3, 0.4) is 0 Å². The number of rotatable bonds is 8. The molecule has 3 aromatic rings. The molecule has 0 unspecified atom stereocenters. The summed E-state index contributed by atoms with van der Waals surface area (Å²) in [6.07, 6.45) is 1.56. The van der Waals surface area contributed by atoms with Crippen LogP contribution < -0.4 is 10.6 Å². The zero-order valence-corrected chi connectivity index (χ0v) is 16.7. The number of aliphatic imine (C=N–C) groups is 1. The van der Waals surface area contributed by atoms with Crippen LogP contribution in [0.4, 0.5) is 0 Å². The maximum atomic E-state index is 6.01. The van der Waals surface area contributed by atoms with Gasteiger partial charge in [0.25, 0.3) is 0 Å². The molecule has 2 N–H and O–H groups in total. The SMILES string of the molecule is CCNC(=NCCc1cccs1)NCCc1nc(-c2cccc(Cl)c2)no1. The van der Waals surface area contributed by atoms with Gasteiger partial charge in [0.05, 0.1) is 0 Å². The Morgan fingerprint density at radius 1 is 1.22 bits per heavy atom. The van der Waals surface area contributed by atoms with Crippen molar-refractivity contribution < 1.29 is 4.52 Å². The van der Waals surface area contributed by atoms with Crippen LogP contribution in [0.15, 0.2) is 51.3 Å². The molecule has 0 aliphatic carbocycles. The summed E-state index contributed by atoms with van der Waals surface area (Å²) in [5.41, 5.74) is 0.842. The van der Waals surface area contributed by atoms with E-state index in [2.05, 4.69) is 43.3 Å². The van der Waals surface area contributed by atoms with E-state index in [4.69, 9.17) is 16.1 Å². The van der Waals surface area contributed by atoms with Crippen LogP contribution in [-0.4, -0.2) is 35.7 Å². The zero-order valence-electron chi connectivity index (χ0n) is 15.1. The van der Waals surface area contributed by atoms with Crippen LogP contribution in [-0.2, 0) is 12.8 Å². The standard InChI is InChI=1S/C19H22ClN5OS/c1-2-21-19(22-10-8-16-7-4-12-27-16)23-11-9-17-24-18(25-26-17)14-5-3-6-15(20)13-14/h3-7,12-13H,2,8-11H2,1H3,(H2,21,22,23). The Bertz CT molecular complexity index is 863. The molecule has 0 radical (unpaired) electrons. The Balaban J connectivity index is 1.49. The molecular weight excluding hydrogens is 382 g/mol. The topological polar surface area (TPSA) is 75.3 Å². The molecule has 0 aliphatic heterocycles. The van der Waals surface area contributed by atoms with Gasteiger partial charge in [0.1, 0.15) is 0 Å². The third-order valence-corrected chi connectivity index (χ3v) is 4.91. The first-order chi connectivity index (χ1) is 13.2. The molecule has 0 spiro atoms. The third-order valence-electron chi connectivity index (χ3n) is 3.73. The van der Waals surface area contributed by atoms with Crippen molar-refractivity contribution in [2.45, 2.75) is 19.8 Å². The molecule has 142 valence electrons. The average molecular weight is 404 g/mol. The van der Waals surface area contributed by atoms with Gasteiger partial charge in [0.2, 0.25) is 11.7 Å². The van der Waals surface area contributed by atoms with Crippen molar-refractivity contribution in [1.82, 2.24) is 20.8 Å². The van der Waals surface area contributed by atoms with Crippen molar-refractivity contribution in [3.63, 3.8) is 0 Å². The zero-order chi connectivity index (χ0) is 18.9. The molecule has 8 heteroatoms. The largest absolute Gasteiger partial charge is 0.357 e. The van der Waals surface area contributed by atoms with E-state index in [1.165, 1.54) is 4.88 Å². The van der Waals surface area contributed by atoms with Crippen molar-refractivity contribution in [1.29, 1.82) is 0 Å². The number of nitrogens with one attached hydrogen (secondary N) is 2. The van der Waals surface area contributed by atoms with Gasteiger partial charge in [-0.3, -0.25) is 4.99 Å². The molecule has 1 aromatic carbocycles. The number of halogens is 1. The molecule has 0 aliphatic rings. The maximum absolute atomic E-state index is 6.01. The van der Waals surface area contributed by atoms with Crippen molar-refractivity contribution in [2.75, 3.05) is 19.6 Å². The molecule has 2 heterocycles. The predicted octanol–water partition coefficient (Wildman–Crippen LogP) is 3.79. The number of nitrogens with zero attached hydrogens (tertiary/aromatic N) is 3. The van der Waals surface area contributed by atoms with E-state index >= 15 is 0 Å². The van der Waals surface area contributed by atoms with E-state index < -0.39 is 0 Å². The highest BCUT2D eigenvalue weighted by Crippen LogP contribution is 2.19. The highest BCUT2D eigenvalue weighted by atomic mass is 35.5. The van der Waals surface area contributed by atoms with Gasteiger partial charge in [0, 0.05) is 47.9 Å². The van der Waals surface area contributed by atoms with E-state index in [0.717, 1.165) is 31.0 Å². The van der Waals surface area contributed by atoms with Gasteiger partial charge in [-0.1, -0.05) is 35.0 Å². The fraction of sp³-hybridized carbons (Fsp3) is 0.316. The number of guanidine groups is 1. The first-order valence-electron chi connectivity index (χ1n) is 8.87. The number of aromatic nitrogens is 2. The first kappa shape index (κ1) is 19.4. The quantitative estimate of drug-likeness (QED) is 0.442. The van der Waals surface area contributed by atoms with Gasteiger partial charge < -0.3 is 15.2 Å². The molecule has 0 atom stereocenters. The molecule has 0 saturated carbocycles. The van der Waals surface area contributed by atoms with Crippen molar-refractivity contribution >= 4 is 28.9 Å². The van der Waals surface area contributed by atoms with Gasteiger partial charge in [0.15, 0.2) is 5.96 Å². The van der Waals surface area contributed by atoms with E-state index in [0.29, 0.717) is 29.7 Å². The molecule has 2 aromatic heterocycles. The Morgan fingerprint density at radius 2 is 2.15 bits per heavy atom. The minimum Gasteiger partial charge on any atom is -0.357 e. The molecule has 0 fully saturated rings. The van der Waals surface area contributed by atoms with Crippen LogP contribution >= 0.6 is 22.9 Å². The van der Waals surface area contributed by atoms with Crippen LogP contribution in [0.5, 0.6) is 0 Å². The normalized spacial score (nSPS) is 11.6. The van der Waals surface area contributed by atoms with E-state index in [1.54, 1.807) is 11.3 Å². The Morgan fingerprint density at radius 3 is 2.93 bits per heavy atom. The Kier molecular flexibility index (Phi) is 7.24. The second-order valence-corrected chi connectivity index (χ2v) is 7.26. The Hall–Kier alpha value is -2.38. The minimum atomic E-state index is 0.545. The smallest absolute Gasteiger partial charge is 0.228 e. The first-order valence-corrected chi connectivity index (χ1v) is 10.1. The summed E-state index contributed by atoms with van der Waals surface area (Å²) in [5.74, 6) is 1.92. The molecule has 0 bridgehead atoms. The lowest BCUT2D eigenvalue weighted by Gasteiger charge is -2.10. The van der Waals surface area contributed by atoms with E-state index in [9.17, 15) is 0 Å². The lowest BCUT2D eigenvalue weighted by Crippen LogP contribution is -2.38. The van der Waals surface area contributed by atoms with Crippen molar-refractivity contribution in [3.05, 3.63) is 57.6 Å².